The second-order valence-electron chi connectivity index (χ2n) is 4.41. The second kappa shape index (κ2) is 4.86. The minimum Gasteiger partial charge on any atom is -0.508 e. The van der Waals surface area contributed by atoms with E-state index in [0.717, 1.165) is 27.4 Å². The molecule has 0 aliphatic carbocycles. The molecule has 3 aromatic rings. The monoisotopic (exact) mass is 267 g/mol. The van der Waals surface area contributed by atoms with Gasteiger partial charge in [0.15, 0.2) is 0 Å². The average Bonchev–Trinajstić information content (AvgIpc) is 2.93. The summed E-state index contributed by atoms with van der Waals surface area (Å²) in [7, 11) is 0. The molecular formula is C16H13NOS. The Morgan fingerprint density at radius 2 is 1.79 bits per heavy atom. The van der Waals surface area contributed by atoms with Crippen molar-refractivity contribution in [2.24, 2.45) is 0 Å². The predicted octanol–water partition coefficient (Wildman–Crippen LogP) is 4.49. The highest BCUT2D eigenvalue weighted by molar-refractivity contribution is 7.13. The number of benzene rings is 2. The third-order valence-corrected chi connectivity index (χ3v) is 3.91. The molecule has 0 saturated heterocycles. The lowest BCUT2D eigenvalue weighted by molar-refractivity contribution is 0.471. The first-order valence-corrected chi connectivity index (χ1v) is 6.93. The van der Waals surface area contributed by atoms with E-state index in [9.17, 15) is 5.11 Å². The molecule has 94 valence electrons. The number of hydrogen-bond donors (Lipinski definition) is 1. The molecular weight excluding hydrogens is 254 g/mol. The number of rotatable bonds is 2. The summed E-state index contributed by atoms with van der Waals surface area (Å²) in [5, 5.41) is 12.6. The van der Waals surface area contributed by atoms with E-state index in [4.69, 9.17) is 0 Å². The Kier molecular flexibility index (Phi) is 3.05. The highest BCUT2D eigenvalue weighted by Crippen LogP contribution is 2.30. The van der Waals surface area contributed by atoms with Crippen LogP contribution >= 0.6 is 11.3 Å². The molecule has 1 N–H and O–H groups in total. The number of nitrogens with zero attached hydrogens (tertiary/aromatic N) is 1. The summed E-state index contributed by atoms with van der Waals surface area (Å²) in [4.78, 5) is 4.66. The number of aromatic hydroxyl groups is 1. The number of phenolic OH excluding ortho intramolecular Hbond substituents is 1. The van der Waals surface area contributed by atoms with Gasteiger partial charge in [-0.2, -0.15) is 0 Å². The summed E-state index contributed by atoms with van der Waals surface area (Å²) in [5.74, 6) is 0.322. The lowest BCUT2D eigenvalue weighted by Gasteiger charge is -2.01. The Labute approximate surface area is 116 Å². The quantitative estimate of drug-likeness (QED) is 0.742. The Hall–Kier alpha value is -2.13. The summed E-state index contributed by atoms with van der Waals surface area (Å²) >= 11 is 1.63. The van der Waals surface area contributed by atoms with Gasteiger partial charge >= 0.3 is 0 Å². The summed E-state index contributed by atoms with van der Waals surface area (Å²) in [6.45, 7) is 1.89. The van der Waals surface area contributed by atoms with E-state index in [1.807, 2.05) is 42.6 Å². The highest BCUT2D eigenvalue weighted by atomic mass is 32.1. The zero-order valence-electron chi connectivity index (χ0n) is 10.5. The summed E-state index contributed by atoms with van der Waals surface area (Å²) in [6.07, 6.45) is 0. The van der Waals surface area contributed by atoms with Crippen LogP contribution in [-0.4, -0.2) is 10.1 Å². The first-order chi connectivity index (χ1) is 9.24. The Bertz CT molecular complexity index is 704. The van der Waals surface area contributed by atoms with Crippen molar-refractivity contribution < 1.29 is 5.11 Å². The molecule has 1 aromatic heterocycles. The summed E-state index contributed by atoms with van der Waals surface area (Å²) in [5.41, 5.74) is 3.99. The largest absolute Gasteiger partial charge is 0.508 e. The van der Waals surface area contributed by atoms with Crippen molar-refractivity contribution in [2.75, 3.05) is 0 Å². The Morgan fingerprint density at radius 1 is 1.00 bits per heavy atom. The van der Waals surface area contributed by atoms with Gasteiger partial charge in [-0.05, 0) is 30.7 Å². The predicted molar refractivity (Wildman–Crippen MR) is 79.4 cm³/mol. The molecule has 3 heteroatoms. The van der Waals surface area contributed by atoms with Gasteiger partial charge in [0.1, 0.15) is 10.8 Å². The van der Waals surface area contributed by atoms with Crippen molar-refractivity contribution in [1.82, 2.24) is 4.98 Å². The molecule has 0 fully saturated rings. The molecule has 0 saturated carbocycles. The highest BCUT2D eigenvalue weighted by Gasteiger charge is 2.07. The van der Waals surface area contributed by atoms with Gasteiger partial charge in [-0.1, -0.05) is 30.3 Å². The molecule has 0 aliphatic heterocycles. The summed E-state index contributed by atoms with van der Waals surface area (Å²) in [6, 6.07) is 15.7. The van der Waals surface area contributed by atoms with Crippen LogP contribution in [0, 0.1) is 6.92 Å². The zero-order valence-corrected chi connectivity index (χ0v) is 11.3. The van der Waals surface area contributed by atoms with Gasteiger partial charge in [0.25, 0.3) is 0 Å². The van der Waals surface area contributed by atoms with E-state index in [-0.39, 0.29) is 0 Å². The smallest absolute Gasteiger partial charge is 0.124 e. The van der Waals surface area contributed by atoms with Crippen LogP contribution in [0.3, 0.4) is 0 Å². The number of aromatic nitrogens is 1. The summed E-state index contributed by atoms with van der Waals surface area (Å²) < 4.78 is 0. The lowest BCUT2D eigenvalue weighted by atomic mass is 10.1. The van der Waals surface area contributed by atoms with Crippen molar-refractivity contribution in [3.63, 3.8) is 0 Å². The van der Waals surface area contributed by atoms with Crippen LogP contribution in [0.15, 0.2) is 53.9 Å². The minimum atomic E-state index is 0.322. The van der Waals surface area contributed by atoms with Crippen LogP contribution in [0.4, 0.5) is 0 Å². The molecule has 0 atom stereocenters. The fourth-order valence-corrected chi connectivity index (χ4v) is 2.77. The standard InChI is InChI=1S/C16H13NOS/c1-11-9-13(7-8-15(11)18)14-10-19-16(17-14)12-5-3-2-4-6-12/h2-10,18H,1H3. The molecule has 0 amide bonds. The second-order valence-corrected chi connectivity index (χ2v) is 5.26. The van der Waals surface area contributed by atoms with E-state index in [0.29, 0.717) is 5.75 Å². The number of aryl methyl sites for hydroxylation is 1. The van der Waals surface area contributed by atoms with Gasteiger partial charge in [-0.15, -0.1) is 11.3 Å². The van der Waals surface area contributed by atoms with Crippen molar-refractivity contribution in [1.29, 1.82) is 0 Å². The fraction of sp³-hybridized carbons (Fsp3) is 0.0625. The van der Waals surface area contributed by atoms with Gasteiger partial charge in [-0.3, -0.25) is 0 Å². The van der Waals surface area contributed by atoms with Gasteiger partial charge < -0.3 is 5.11 Å². The lowest BCUT2D eigenvalue weighted by Crippen LogP contribution is -1.81. The van der Waals surface area contributed by atoms with Crippen molar-refractivity contribution in [2.45, 2.75) is 6.92 Å². The Morgan fingerprint density at radius 3 is 2.53 bits per heavy atom. The van der Waals surface area contributed by atoms with Crippen LogP contribution in [0.5, 0.6) is 5.75 Å². The molecule has 2 aromatic carbocycles. The van der Waals surface area contributed by atoms with Crippen LogP contribution in [0.2, 0.25) is 0 Å². The third-order valence-electron chi connectivity index (χ3n) is 3.02. The molecule has 0 unspecified atom stereocenters. The maximum absolute atomic E-state index is 9.56. The number of hydrogen-bond acceptors (Lipinski definition) is 3. The van der Waals surface area contributed by atoms with Crippen molar-refractivity contribution >= 4 is 11.3 Å². The first-order valence-electron chi connectivity index (χ1n) is 6.05. The van der Waals surface area contributed by atoms with E-state index in [1.54, 1.807) is 17.4 Å². The van der Waals surface area contributed by atoms with E-state index >= 15 is 0 Å². The fourth-order valence-electron chi connectivity index (χ4n) is 1.93. The van der Waals surface area contributed by atoms with Crippen molar-refractivity contribution in [3.05, 3.63) is 59.5 Å². The number of thiazole rings is 1. The Balaban J connectivity index is 1.99. The molecule has 1 heterocycles. The topological polar surface area (TPSA) is 33.1 Å². The van der Waals surface area contributed by atoms with Crippen LogP contribution in [0.1, 0.15) is 5.56 Å². The van der Waals surface area contributed by atoms with Crippen molar-refractivity contribution in [3.8, 4) is 27.6 Å². The zero-order chi connectivity index (χ0) is 13.2. The van der Waals surface area contributed by atoms with E-state index in [1.165, 1.54) is 0 Å². The van der Waals surface area contributed by atoms with Gasteiger partial charge in [0, 0.05) is 16.5 Å². The normalized spacial score (nSPS) is 10.6. The van der Waals surface area contributed by atoms with Gasteiger partial charge in [0.2, 0.25) is 0 Å². The maximum atomic E-state index is 9.56. The first kappa shape index (κ1) is 11.9. The van der Waals surface area contributed by atoms with Crippen LogP contribution in [-0.2, 0) is 0 Å². The molecule has 2 nitrogen and oxygen atoms in total. The number of phenols is 1. The van der Waals surface area contributed by atoms with Crippen LogP contribution in [0.25, 0.3) is 21.8 Å². The third kappa shape index (κ3) is 2.37. The molecule has 0 bridgehead atoms. The molecule has 0 aliphatic rings. The molecule has 0 spiro atoms. The SMILES string of the molecule is Cc1cc(-c2csc(-c3ccccc3)n2)ccc1O. The van der Waals surface area contributed by atoms with Gasteiger partial charge in [0.05, 0.1) is 5.69 Å². The van der Waals surface area contributed by atoms with E-state index in [2.05, 4.69) is 17.1 Å². The minimum absolute atomic E-state index is 0.322. The average molecular weight is 267 g/mol. The molecule has 19 heavy (non-hydrogen) atoms. The molecule has 0 radical (unpaired) electrons. The van der Waals surface area contributed by atoms with Crippen LogP contribution < -0.4 is 0 Å². The van der Waals surface area contributed by atoms with E-state index < -0.39 is 0 Å². The van der Waals surface area contributed by atoms with Gasteiger partial charge in [-0.25, -0.2) is 4.98 Å². The maximum Gasteiger partial charge on any atom is 0.124 e. The molecule has 3 rings (SSSR count).